The van der Waals surface area contributed by atoms with E-state index in [0.717, 1.165) is 13.0 Å². The van der Waals surface area contributed by atoms with E-state index in [1.807, 2.05) is 11.3 Å². The lowest BCUT2D eigenvalue weighted by Gasteiger charge is -2.15. The minimum atomic E-state index is -6.09. The van der Waals surface area contributed by atoms with Crippen molar-refractivity contribution in [1.82, 2.24) is 0 Å². The van der Waals surface area contributed by atoms with Crippen molar-refractivity contribution in [2.24, 2.45) is 0 Å². The Morgan fingerprint density at radius 3 is 2.48 bits per heavy atom. The molecule has 0 unspecified atom stereocenters. The normalized spacial score (nSPS) is 13.4. The third kappa shape index (κ3) is 4.62. The quantitative estimate of drug-likeness (QED) is 0.332. The van der Waals surface area contributed by atoms with E-state index in [0.29, 0.717) is 0 Å². The Hall–Kier alpha value is -1.97. The van der Waals surface area contributed by atoms with Gasteiger partial charge in [-0.1, -0.05) is 55.0 Å². The number of nitrogens with zero attached hydrogens (tertiary/aromatic N) is 1. The fourth-order valence-electron chi connectivity index (χ4n) is 3.39. The summed E-state index contributed by atoms with van der Waals surface area (Å²) in [6.07, 6.45) is 4.90. The Kier molecular flexibility index (Phi) is 6.30. The number of aryl methyl sites for hydroxylation is 3. The SMILES string of the molecule is CCCCc1cccc2c1-c1sc3ccccc3[n+]1CC2.O=S(=O)([O-])C(F)(F)F. The predicted molar refractivity (Wildman–Crippen MR) is 106 cm³/mol. The van der Waals surface area contributed by atoms with E-state index in [-0.39, 0.29) is 0 Å². The molecule has 0 saturated carbocycles. The number of hydrogen-bond acceptors (Lipinski definition) is 4. The van der Waals surface area contributed by atoms with E-state index in [2.05, 4.69) is 54.0 Å². The molecule has 3 aromatic rings. The maximum Gasteiger partial charge on any atom is 0.485 e. The van der Waals surface area contributed by atoms with Gasteiger partial charge >= 0.3 is 5.51 Å². The number of thiazole rings is 1. The summed E-state index contributed by atoms with van der Waals surface area (Å²) in [6, 6.07) is 15.7. The molecule has 4 rings (SSSR count). The summed E-state index contributed by atoms with van der Waals surface area (Å²) in [7, 11) is -6.09. The summed E-state index contributed by atoms with van der Waals surface area (Å²) in [6.45, 7) is 3.39. The number of para-hydroxylation sites is 1. The predicted octanol–water partition coefficient (Wildman–Crippen LogP) is 4.81. The minimum absolute atomic E-state index is 1.11. The molecule has 0 saturated heterocycles. The van der Waals surface area contributed by atoms with Gasteiger partial charge in [-0.05, 0) is 30.0 Å². The maximum atomic E-state index is 10.7. The number of rotatable bonds is 3. The van der Waals surface area contributed by atoms with Crippen LogP contribution >= 0.6 is 11.3 Å². The standard InChI is InChI=1S/C19H20NS.CHF3O3S/c1-2-3-7-14-8-6-9-15-12-13-20-16-10-4-5-11-17(16)21-19(20)18(14)15;2-1(3,4)8(5,6)7/h4-6,8-11H,2-3,7,12-13H2,1H3;(H,5,6,7)/q+1;/p-1. The summed E-state index contributed by atoms with van der Waals surface area (Å²) in [5, 5.41) is 1.46. The first-order valence-electron chi connectivity index (χ1n) is 9.18. The summed E-state index contributed by atoms with van der Waals surface area (Å²) >= 11 is 1.95. The molecule has 0 aliphatic carbocycles. The Morgan fingerprint density at radius 1 is 1.14 bits per heavy atom. The van der Waals surface area contributed by atoms with E-state index >= 15 is 0 Å². The van der Waals surface area contributed by atoms with E-state index in [1.165, 1.54) is 51.2 Å². The highest BCUT2D eigenvalue weighted by molar-refractivity contribution is 7.86. The van der Waals surface area contributed by atoms with Crippen LogP contribution in [-0.4, -0.2) is 18.5 Å². The van der Waals surface area contributed by atoms with Crippen LogP contribution in [0.15, 0.2) is 42.5 Å². The molecule has 156 valence electrons. The molecule has 0 amide bonds. The van der Waals surface area contributed by atoms with Gasteiger partial charge in [-0.15, -0.1) is 0 Å². The lowest BCUT2D eigenvalue weighted by atomic mass is 9.94. The zero-order chi connectivity index (χ0) is 21.2. The molecule has 2 heterocycles. The van der Waals surface area contributed by atoms with Crippen molar-refractivity contribution in [1.29, 1.82) is 0 Å². The third-order valence-electron chi connectivity index (χ3n) is 4.75. The number of alkyl halides is 3. The van der Waals surface area contributed by atoms with Crippen molar-refractivity contribution in [2.45, 2.75) is 44.7 Å². The first kappa shape index (κ1) is 21.7. The first-order chi connectivity index (χ1) is 13.6. The second kappa shape index (κ2) is 8.41. The van der Waals surface area contributed by atoms with Crippen molar-refractivity contribution >= 4 is 31.7 Å². The molecule has 1 aliphatic rings. The number of halogens is 3. The highest BCUT2D eigenvalue weighted by atomic mass is 32.2. The molecule has 9 heteroatoms. The first-order valence-corrected chi connectivity index (χ1v) is 11.4. The van der Waals surface area contributed by atoms with Crippen LogP contribution in [0.4, 0.5) is 13.2 Å². The van der Waals surface area contributed by atoms with Gasteiger partial charge in [0, 0.05) is 12.5 Å². The minimum Gasteiger partial charge on any atom is -0.741 e. The van der Waals surface area contributed by atoms with Gasteiger partial charge < -0.3 is 4.55 Å². The zero-order valence-corrected chi connectivity index (χ0v) is 17.3. The number of hydrogen-bond donors (Lipinski definition) is 0. The van der Waals surface area contributed by atoms with Crippen LogP contribution < -0.4 is 4.57 Å². The highest BCUT2D eigenvalue weighted by Gasteiger charge is 2.37. The molecule has 2 aromatic carbocycles. The molecule has 0 fully saturated rings. The van der Waals surface area contributed by atoms with Crippen molar-refractivity contribution < 1.29 is 30.7 Å². The van der Waals surface area contributed by atoms with Gasteiger partial charge in [-0.3, -0.25) is 0 Å². The summed E-state index contributed by atoms with van der Waals surface area (Å²) < 4.78 is 62.8. The third-order valence-corrected chi connectivity index (χ3v) is 6.50. The molecule has 0 atom stereocenters. The molecule has 0 N–H and O–H groups in total. The van der Waals surface area contributed by atoms with Crippen LogP contribution in [0, 0.1) is 0 Å². The second-order valence-electron chi connectivity index (χ2n) is 6.73. The smallest absolute Gasteiger partial charge is 0.485 e. The average Bonchev–Trinajstić information content (AvgIpc) is 3.04. The number of unbranched alkanes of at least 4 members (excludes halogenated alkanes) is 1. The van der Waals surface area contributed by atoms with Crippen LogP contribution in [0.25, 0.3) is 20.8 Å². The molecular formula is C20H20F3NO3S2. The van der Waals surface area contributed by atoms with Crippen molar-refractivity contribution in [2.75, 3.05) is 0 Å². The number of benzene rings is 2. The second-order valence-corrected chi connectivity index (χ2v) is 9.13. The Morgan fingerprint density at radius 2 is 1.83 bits per heavy atom. The molecule has 1 aliphatic heterocycles. The van der Waals surface area contributed by atoms with Gasteiger partial charge in [0.1, 0.15) is 4.70 Å². The van der Waals surface area contributed by atoms with E-state index in [4.69, 9.17) is 13.0 Å². The van der Waals surface area contributed by atoms with Gasteiger partial charge in [0.15, 0.2) is 16.7 Å². The van der Waals surface area contributed by atoms with E-state index < -0.39 is 15.6 Å². The van der Waals surface area contributed by atoms with Gasteiger partial charge in [-0.25, -0.2) is 8.42 Å². The number of fused-ring (bicyclic) bond motifs is 5. The Balaban J connectivity index is 0.000000258. The van der Waals surface area contributed by atoms with E-state index in [1.54, 1.807) is 0 Å². The van der Waals surface area contributed by atoms with Crippen molar-refractivity contribution in [3.8, 4) is 10.6 Å². The molecule has 0 radical (unpaired) electrons. The lowest BCUT2D eigenvalue weighted by Crippen LogP contribution is -2.38. The Bertz CT molecular complexity index is 1120. The molecule has 29 heavy (non-hydrogen) atoms. The molecule has 0 bridgehead atoms. The van der Waals surface area contributed by atoms with Crippen molar-refractivity contribution in [3.63, 3.8) is 0 Å². The molecule has 0 spiro atoms. The highest BCUT2D eigenvalue weighted by Crippen LogP contribution is 2.36. The Labute approximate surface area is 171 Å². The van der Waals surface area contributed by atoms with Crippen LogP contribution in [0.2, 0.25) is 0 Å². The van der Waals surface area contributed by atoms with Crippen LogP contribution in [0.5, 0.6) is 0 Å². The van der Waals surface area contributed by atoms with E-state index in [9.17, 15) is 13.2 Å². The average molecular weight is 444 g/mol. The monoisotopic (exact) mass is 443 g/mol. The maximum absolute atomic E-state index is 10.7. The fraction of sp³-hybridized carbons (Fsp3) is 0.350. The van der Waals surface area contributed by atoms with Gasteiger partial charge in [0.2, 0.25) is 5.52 Å². The number of aromatic nitrogens is 1. The fourth-order valence-corrected chi connectivity index (χ4v) is 4.69. The molecule has 1 aromatic heterocycles. The largest absolute Gasteiger partial charge is 0.741 e. The molecule has 4 nitrogen and oxygen atoms in total. The summed E-state index contributed by atoms with van der Waals surface area (Å²) in [5.74, 6) is 0. The van der Waals surface area contributed by atoms with Crippen LogP contribution in [0.3, 0.4) is 0 Å². The summed E-state index contributed by atoms with van der Waals surface area (Å²) in [4.78, 5) is 0. The van der Waals surface area contributed by atoms with Crippen molar-refractivity contribution in [3.05, 3.63) is 53.6 Å². The summed E-state index contributed by atoms with van der Waals surface area (Å²) in [5.41, 5.74) is 0.351. The van der Waals surface area contributed by atoms with Crippen LogP contribution in [-0.2, 0) is 29.5 Å². The zero-order valence-electron chi connectivity index (χ0n) is 15.7. The van der Waals surface area contributed by atoms with Gasteiger partial charge in [0.25, 0.3) is 5.01 Å². The topological polar surface area (TPSA) is 61.1 Å². The van der Waals surface area contributed by atoms with Gasteiger partial charge in [0.05, 0.1) is 5.56 Å². The molecular weight excluding hydrogens is 423 g/mol. The van der Waals surface area contributed by atoms with Crippen LogP contribution in [0.1, 0.15) is 30.9 Å². The van der Waals surface area contributed by atoms with Gasteiger partial charge in [-0.2, -0.15) is 17.7 Å². The lowest BCUT2D eigenvalue weighted by molar-refractivity contribution is -0.658.